The van der Waals surface area contributed by atoms with Crippen LogP contribution in [0.2, 0.25) is 0 Å². The maximum Gasteiger partial charge on any atom is 0.248 e. The molecule has 2 amide bonds. The number of hydrogen-bond donors (Lipinski definition) is 3. The molecule has 1 aliphatic rings. The number of amides is 2. The fraction of sp³-hybridized carbons (Fsp3) is 0.524. The number of nitrogens with zero attached hydrogens (tertiary/aromatic N) is 1. The van der Waals surface area contributed by atoms with Crippen LogP contribution in [-0.2, 0) is 19.1 Å². The van der Waals surface area contributed by atoms with Gasteiger partial charge in [0, 0.05) is 39.3 Å². The van der Waals surface area contributed by atoms with E-state index >= 15 is 0 Å². The Morgan fingerprint density at radius 1 is 1.26 bits per heavy atom. The summed E-state index contributed by atoms with van der Waals surface area (Å²) < 4.78 is 17.0. The molecule has 0 bridgehead atoms. The lowest BCUT2D eigenvalue weighted by Crippen LogP contribution is -2.56. The van der Waals surface area contributed by atoms with Crippen LogP contribution in [0.1, 0.15) is 6.42 Å². The Kier molecular flexibility index (Phi) is 10.7. The van der Waals surface area contributed by atoms with Crippen molar-refractivity contribution in [3.8, 4) is 5.75 Å². The summed E-state index contributed by atoms with van der Waals surface area (Å²) >= 11 is 2.13. The summed E-state index contributed by atoms with van der Waals surface area (Å²) in [6.45, 7) is 0.226. The summed E-state index contributed by atoms with van der Waals surface area (Å²) in [6, 6.07) is 6.61. The van der Waals surface area contributed by atoms with E-state index < -0.39 is 18.2 Å². The molecule has 0 saturated heterocycles. The maximum atomic E-state index is 12.7. The van der Waals surface area contributed by atoms with Gasteiger partial charge in [0.15, 0.2) is 0 Å². The maximum absolute atomic E-state index is 12.7. The van der Waals surface area contributed by atoms with Gasteiger partial charge >= 0.3 is 0 Å². The van der Waals surface area contributed by atoms with E-state index in [0.29, 0.717) is 11.3 Å². The first kappa shape index (κ1) is 25.5. The molecule has 0 fully saturated rings. The van der Waals surface area contributed by atoms with Gasteiger partial charge in [-0.2, -0.15) is 0 Å². The van der Waals surface area contributed by atoms with Crippen molar-refractivity contribution in [2.45, 2.75) is 24.7 Å². The van der Waals surface area contributed by atoms with Crippen molar-refractivity contribution in [1.82, 2.24) is 10.2 Å². The predicted octanol–water partition coefficient (Wildman–Crippen LogP) is 0.328. The van der Waals surface area contributed by atoms with Crippen molar-refractivity contribution in [2.75, 3.05) is 47.1 Å². The van der Waals surface area contributed by atoms with Crippen molar-refractivity contribution in [2.24, 2.45) is 0 Å². The normalized spacial score (nSPS) is 20.7. The van der Waals surface area contributed by atoms with E-state index in [4.69, 9.17) is 19.3 Å². The summed E-state index contributed by atoms with van der Waals surface area (Å²) in [5.74, 6) is -0.146. The molecule has 1 aliphatic carbocycles. The van der Waals surface area contributed by atoms with Gasteiger partial charge in [0.05, 0.1) is 22.8 Å². The first-order valence-electron chi connectivity index (χ1n) is 9.89. The zero-order valence-electron chi connectivity index (χ0n) is 17.6. The molecule has 172 valence electrons. The summed E-state index contributed by atoms with van der Waals surface area (Å²) in [5, 5.41) is 22.8. The SMILES string of the molecule is COCCN(C(=O)COC)C1CC(C(=O)NCCO)=CC(Oc2ccccc2I)C1O. The number of para-hydroxylation sites is 1. The van der Waals surface area contributed by atoms with Gasteiger partial charge in [0.1, 0.15) is 24.6 Å². The number of nitrogens with one attached hydrogen (secondary N) is 1. The number of aliphatic hydroxyl groups excluding tert-OH is 2. The van der Waals surface area contributed by atoms with E-state index in [-0.39, 0.29) is 51.1 Å². The van der Waals surface area contributed by atoms with Gasteiger partial charge in [-0.15, -0.1) is 0 Å². The first-order valence-corrected chi connectivity index (χ1v) is 11.0. The summed E-state index contributed by atoms with van der Waals surface area (Å²) in [6.07, 6.45) is -0.233. The highest BCUT2D eigenvalue weighted by atomic mass is 127. The Morgan fingerprint density at radius 3 is 2.65 bits per heavy atom. The van der Waals surface area contributed by atoms with Gasteiger partial charge in [-0.3, -0.25) is 9.59 Å². The van der Waals surface area contributed by atoms with E-state index in [9.17, 15) is 14.7 Å². The fourth-order valence-corrected chi connectivity index (χ4v) is 3.85. The number of carbonyl (C=O) groups is 2. The molecule has 0 saturated carbocycles. The highest BCUT2D eigenvalue weighted by Crippen LogP contribution is 2.29. The molecular weight excluding hydrogens is 519 g/mol. The topological polar surface area (TPSA) is 118 Å². The molecule has 0 spiro atoms. The Morgan fingerprint density at radius 2 is 2.00 bits per heavy atom. The largest absolute Gasteiger partial charge is 0.482 e. The molecule has 3 atom stereocenters. The lowest BCUT2D eigenvalue weighted by molar-refractivity contribution is -0.143. The first-order chi connectivity index (χ1) is 14.9. The Labute approximate surface area is 195 Å². The molecular formula is C21H29IN2O7. The third-order valence-electron chi connectivity index (χ3n) is 4.84. The highest BCUT2D eigenvalue weighted by molar-refractivity contribution is 14.1. The van der Waals surface area contributed by atoms with Gasteiger partial charge in [0.2, 0.25) is 11.8 Å². The zero-order chi connectivity index (χ0) is 22.8. The lowest BCUT2D eigenvalue weighted by atomic mass is 9.88. The molecule has 2 rings (SSSR count). The second kappa shape index (κ2) is 13.0. The van der Waals surface area contributed by atoms with Crippen LogP contribution in [0.15, 0.2) is 35.9 Å². The molecule has 0 heterocycles. The van der Waals surface area contributed by atoms with E-state index in [1.165, 1.54) is 19.1 Å². The minimum absolute atomic E-state index is 0.0987. The van der Waals surface area contributed by atoms with Gasteiger partial charge in [0.25, 0.3) is 0 Å². The van der Waals surface area contributed by atoms with Crippen molar-refractivity contribution < 1.29 is 34.0 Å². The molecule has 0 aliphatic heterocycles. The average molecular weight is 548 g/mol. The molecule has 0 aromatic heterocycles. The Hall–Kier alpha value is -1.73. The number of carbonyl (C=O) groups excluding carboxylic acids is 2. The average Bonchev–Trinajstić information content (AvgIpc) is 2.76. The smallest absolute Gasteiger partial charge is 0.248 e. The van der Waals surface area contributed by atoms with Crippen LogP contribution in [0, 0.1) is 3.57 Å². The molecule has 31 heavy (non-hydrogen) atoms. The van der Waals surface area contributed by atoms with E-state index in [2.05, 4.69) is 27.9 Å². The standard InChI is InChI=1S/C21H29IN2O7/c1-29-10-8-24(19(26)13-30-2)16-11-14(21(28)23-7-9-25)12-18(20(16)27)31-17-6-4-3-5-15(17)22/h3-6,12,16,18,20,25,27H,7-11,13H2,1-2H3,(H,23,28). The van der Waals surface area contributed by atoms with E-state index in [0.717, 1.165) is 3.57 Å². The molecule has 9 nitrogen and oxygen atoms in total. The Bertz CT molecular complexity index is 774. The van der Waals surface area contributed by atoms with Crippen LogP contribution in [0.4, 0.5) is 0 Å². The molecule has 1 aromatic carbocycles. The number of rotatable bonds is 11. The number of aliphatic hydroxyl groups is 2. The molecule has 3 N–H and O–H groups in total. The van der Waals surface area contributed by atoms with Gasteiger partial charge in [-0.1, -0.05) is 12.1 Å². The molecule has 10 heteroatoms. The van der Waals surface area contributed by atoms with Crippen molar-refractivity contribution in [3.63, 3.8) is 0 Å². The minimum atomic E-state index is -1.08. The van der Waals surface area contributed by atoms with Crippen LogP contribution in [0.5, 0.6) is 5.75 Å². The van der Waals surface area contributed by atoms with Gasteiger partial charge < -0.3 is 34.6 Å². The third kappa shape index (κ3) is 7.14. The van der Waals surface area contributed by atoms with E-state index in [1.54, 1.807) is 12.1 Å². The van der Waals surface area contributed by atoms with Crippen LogP contribution >= 0.6 is 22.6 Å². The highest BCUT2D eigenvalue weighted by Gasteiger charge is 2.40. The molecule has 0 radical (unpaired) electrons. The monoisotopic (exact) mass is 548 g/mol. The Balaban J connectivity index is 2.36. The second-order valence-corrected chi connectivity index (χ2v) is 8.12. The van der Waals surface area contributed by atoms with E-state index in [1.807, 2.05) is 18.2 Å². The van der Waals surface area contributed by atoms with Gasteiger partial charge in [-0.05, 0) is 40.8 Å². The van der Waals surface area contributed by atoms with Crippen molar-refractivity contribution in [3.05, 3.63) is 39.5 Å². The number of methoxy groups -OCH3 is 2. The zero-order valence-corrected chi connectivity index (χ0v) is 19.8. The second-order valence-electron chi connectivity index (χ2n) is 6.96. The minimum Gasteiger partial charge on any atom is -0.482 e. The summed E-state index contributed by atoms with van der Waals surface area (Å²) in [7, 11) is 2.94. The van der Waals surface area contributed by atoms with Crippen LogP contribution < -0.4 is 10.1 Å². The van der Waals surface area contributed by atoms with Crippen LogP contribution in [-0.4, -0.2) is 92.3 Å². The van der Waals surface area contributed by atoms with Crippen LogP contribution in [0.25, 0.3) is 0 Å². The molecule has 1 aromatic rings. The third-order valence-corrected chi connectivity index (χ3v) is 5.73. The number of hydrogen-bond acceptors (Lipinski definition) is 7. The van der Waals surface area contributed by atoms with Crippen molar-refractivity contribution >= 4 is 34.4 Å². The molecule has 3 unspecified atom stereocenters. The summed E-state index contributed by atoms with van der Waals surface area (Å²) in [4.78, 5) is 26.8. The van der Waals surface area contributed by atoms with Crippen LogP contribution in [0.3, 0.4) is 0 Å². The number of benzene rings is 1. The lowest BCUT2D eigenvalue weighted by Gasteiger charge is -2.40. The predicted molar refractivity (Wildman–Crippen MR) is 122 cm³/mol. The quantitative estimate of drug-likeness (QED) is 0.342. The van der Waals surface area contributed by atoms with Crippen molar-refractivity contribution in [1.29, 1.82) is 0 Å². The number of halogens is 1. The number of ether oxygens (including phenoxy) is 3. The fourth-order valence-electron chi connectivity index (χ4n) is 3.34. The van der Waals surface area contributed by atoms with Gasteiger partial charge in [-0.25, -0.2) is 0 Å². The summed E-state index contributed by atoms with van der Waals surface area (Å²) in [5.41, 5.74) is 0.368.